The number of hydrogen-bond acceptors (Lipinski definition) is 1. The zero-order chi connectivity index (χ0) is 14.7. The monoisotopic (exact) mass is 309 g/mol. The topological polar surface area (TPSA) is 33.0 Å². The number of carbonyl (C=O) groups excluding carboxylic acids is 1. The van der Waals surface area contributed by atoms with Crippen LogP contribution in [-0.4, -0.2) is 5.91 Å². The van der Waals surface area contributed by atoms with Crippen molar-refractivity contribution in [3.05, 3.63) is 57.8 Å². The fourth-order valence-corrected chi connectivity index (χ4v) is 2.49. The van der Waals surface area contributed by atoms with Gasteiger partial charge < -0.3 is 5.32 Å². The first-order valence-corrected chi connectivity index (χ1v) is 7.01. The highest BCUT2D eigenvalue weighted by Gasteiger charge is 2.15. The second kappa shape index (κ2) is 6.25. The van der Waals surface area contributed by atoms with E-state index < -0.39 is 0 Å². The molecule has 2 rings (SSSR count). The molecule has 1 N–H and O–H groups in total. The molecule has 5 heteroatoms. The SMILES string of the molecule is CCc1ccc(C(=O)Nc2c(Cl)c[n+](C)cc2Cl)cc1. The standard InChI is InChI=1S/C15H14Cl2N2O/c1-3-10-4-6-11(7-5-10)15(20)18-14-12(16)8-19(2)9-13(14)17/h4-9H,3H2,1-2H3/p+1. The smallest absolute Gasteiger partial charge is 0.255 e. The summed E-state index contributed by atoms with van der Waals surface area (Å²) in [4.78, 5) is 12.2. The Kier molecular flexibility index (Phi) is 4.63. The number of hydrogen-bond donors (Lipinski definition) is 1. The molecular formula is C15H15Cl2N2O+. The fourth-order valence-electron chi connectivity index (χ4n) is 1.83. The number of anilines is 1. The molecule has 0 unspecified atom stereocenters. The average Bonchev–Trinajstić information content (AvgIpc) is 2.42. The first kappa shape index (κ1) is 14.8. The van der Waals surface area contributed by atoms with Crippen molar-refractivity contribution >= 4 is 34.8 Å². The van der Waals surface area contributed by atoms with Crippen molar-refractivity contribution in [3.63, 3.8) is 0 Å². The van der Waals surface area contributed by atoms with Crippen LogP contribution >= 0.6 is 23.2 Å². The van der Waals surface area contributed by atoms with Crippen molar-refractivity contribution in [1.82, 2.24) is 0 Å². The van der Waals surface area contributed by atoms with E-state index in [4.69, 9.17) is 23.2 Å². The summed E-state index contributed by atoms with van der Waals surface area (Å²) in [5.74, 6) is -0.231. The summed E-state index contributed by atoms with van der Waals surface area (Å²) in [6.07, 6.45) is 4.31. The molecule has 0 aliphatic heterocycles. The van der Waals surface area contributed by atoms with Gasteiger partial charge in [0.15, 0.2) is 12.4 Å². The van der Waals surface area contributed by atoms with Gasteiger partial charge in [0.25, 0.3) is 5.91 Å². The van der Waals surface area contributed by atoms with Crippen LogP contribution in [0.15, 0.2) is 36.7 Å². The quantitative estimate of drug-likeness (QED) is 0.863. The molecular weight excluding hydrogens is 295 g/mol. The molecule has 0 fully saturated rings. The van der Waals surface area contributed by atoms with Crippen LogP contribution in [0.3, 0.4) is 0 Å². The highest BCUT2D eigenvalue weighted by molar-refractivity contribution is 6.39. The van der Waals surface area contributed by atoms with Gasteiger partial charge in [-0.15, -0.1) is 0 Å². The first-order chi connectivity index (χ1) is 9.51. The predicted molar refractivity (Wildman–Crippen MR) is 81.4 cm³/mol. The number of pyridine rings is 1. The molecule has 104 valence electrons. The lowest BCUT2D eigenvalue weighted by molar-refractivity contribution is -0.671. The molecule has 0 spiro atoms. The van der Waals surface area contributed by atoms with Crippen LogP contribution in [0, 0.1) is 0 Å². The Morgan fingerprint density at radius 1 is 1.15 bits per heavy atom. The van der Waals surface area contributed by atoms with E-state index in [0.29, 0.717) is 21.3 Å². The lowest BCUT2D eigenvalue weighted by Gasteiger charge is -2.08. The number of rotatable bonds is 3. The minimum absolute atomic E-state index is 0.231. The minimum Gasteiger partial charge on any atom is -0.319 e. The van der Waals surface area contributed by atoms with E-state index in [1.807, 2.05) is 19.2 Å². The van der Waals surface area contributed by atoms with Crippen molar-refractivity contribution in [2.75, 3.05) is 5.32 Å². The number of carbonyl (C=O) groups is 1. The summed E-state index contributed by atoms with van der Waals surface area (Å²) in [6.45, 7) is 2.07. The molecule has 1 aromatic heterocycles. The Morgan fingerprint density at radius 2 is 1.70 bits per heavy atom. The van der Waals surface area contributed by atoms with E-state index in [2.05, 4.69) is 12.2 Å². The number of aryl methyl sites for hydroxylation is 2. The lowest BCUT2D eigenvalue weighted by atomic mass is 10.1. The van der Waals surface area contributed by atoms with Gasteiger partial charge in [0, 0.05) is 5.56 Å². The highest BCUT2D eigenvalue weighted by Crippen LogP contribution is 2.28. The van der Waals surface area contributed by atoms with Crippen LogP contribution in [0.4, 0.5) is 5.69 Å². The fraction of sp³-hybridized carbons (Fsp3) is 0.200. The lowest BCUT2D eigenvalue weighted by Crippen LogP contribution is -2.27. The van der Waals surface area contributed by atoms with Gasteiger partial charge in [-0.3, -0.25) is 4.79 Å². The molecule has 0 aliphatic carbocycles. The van der Waals surface area contributed by atoms with Crippen molar-refractivity contribution in [1.29, 1.82) is 0 Å². The molecule has 0 saturated heterocycles. The van der Waals surface area contributed by atoms with Gasteiger partial charge >= 0.3 is 0 Å². The third-order valence-corrected chi connectivity index (χ3v) is 3.55. The zero-order valence-corrected chi connectivity index (χ0v) is 12.8. The molecule has 0 aliphatic rings. The van der Waals surface area contributed by atoms with E-state index in [0.717, 1.165) is 6.42 Å². The maximum Gasteiger partial charge on any atom is 0.255 e. The average molecular weight is 310 g/mol. The van der Waals surface area contributed by atoms with E-state index in [1.165, 1.54) is 5.56 Å². The molecule has 1 amide bonds. The Labute approximate surface area is 128 Å². The molecule has 3 nitrogen and oxygen atoms in total. The first-order valence-electron chi connectivity index (χ1n) is 6.26. The van der Waals surface area contributed by atoms with E-state index in [1.54, 1.807) is 29.1 Å². The van der Waals surface area contributed by atoms with Gasteiger partial charge in [-0.2, -0.15) is 0 Å². The van der Waals surface area contributed by atoms with Crippen molar-refractivity contribution in [2.24, 2.45) is 7.05 Å². The van der Waals surface area contributed by atoms with Crippen molar-refractivity contribution in [3.8, 4) is 0 Å². The van der Waals surface area contributed by atoms with Gasteiger partial charge in [0.05, 0.1) is 5.69 Å². The number of aromatic nitrogens is 1. The number of nitrogens with zero attached hydrogens (tertiary/aromatic N) is 1. The summed E-state index contributed by atoms with van der Waals surface area (Å²) in [5, 5.41) is 3.55. The number of benzene rings is 1. The minimum atomic E-state index is -0.231. The van der Waals surface area contributed by atoms with Crippen molar-refractivity contribution < 1.29 is 9.36 Å². The number of amides is 1. The third-order valence-electron chi connectivity index (χ3n) is 2.97. The van der Waals surface area contributed by atoms with Gasteiger partial charge in [-0.05, 0) is 24.1 Å². The Balaban J connectivity index is 2.23. The van der Waals surface area contributed by atoms with Gasteiger partial charge in [0.1, 0.15) is 17.1 Å². The van der Waals surface area contributed by atoms with Crippen LogP contribution in [0.5, 0.6) is 0 Å². The normalized spacial score (nSPS) is 10.4. The summed E-state index contributed by atoms with van der Waals surface area (Å²) < 4.78 is 1.73. The second-order valence-electron chi connectivity index (χ2n) is 4.50. The maximum absolute atomic E-state index is 12.2. The molecule has 0 radical (unpaired) electrons. The Bertz CT molecular complexity index is 616. The van der Waals surface area contributed by atoms with E-state index >= 15 is 0 Å². The van der Waals surface area contributed by atoms with Crippen LogP contribution in [0.1, 0.15) is 22.8 Å². The highest BCUT2D eigenvalue weighted by atomic mass is 35.5. The van der Waals surface area contributed by atoms with Crippen LogP contribution in [0.2, 0.25) is 10.0 Å². The molecule has 20 heavy (non-hydrogen) atoms. The summed E-state index contributed by atoms with van der Waals surface area (Å²) in [7, 11) is 1.81. The van der Waals surface area contributed by atoms with Gasteiger partial charge in [-0.25, -0.2) is 4.57 Å². The predicted octanol–water partition coefficient (Wildman–Crippen LogP) is 3.63. The summed E-state index contributed by atoms with van der Waals surface area (Å²) in [6, 6.07) is 7.45. The zero-order valence-electron chi connectivity index (χ0n) is 11.3. The van der Waals surface area contributed by atoms with Crippen LogP contribution in [-0.2, 0) is 13.5 Å². The molecule has 2 aromatic rings. The molecule has 0 bridgehead atoms. The third kappa shape index (κ3) is 3.30. The summed E-state index contributed by atoms with van der Waals surface area (Å²) >= 11 is 12.2. The summed E-state index contributed by atoms with van der Waals surface area (Å²) in [5.41, 5.74) is 2.18. The Hall–Kier alpha value is -1.58. The van der Waals surface area contributed by atoms with Crippen LogP contribution < -0.4 is 9.88 Å². The van der Waals surface area contributed by atoms with E-state index in [-0.39, 0.29) is 5.91 Å². The molecule has 0 saturated carbocycles. The molecule has 1 aromatic carbocycles. The molecule has 0 atom stereocenters. The van der Waals surface area contributed by atoms with Gasteiger partial charge in [-0.1, -0.05) is 42.3 Å². The largest absolute Gasteiger partial charge is 0.319 e. The van der Waals surface area contributed by atoms with E-state index in [9.17, 15) is 4.79 Å². The maximum atomic E-state index is 12.2. The van der Waals surface area contributed by atoms with Crippen LogP contribution in [0.25, 0.3) is 0 Å². The second-order valence-corrected chi connectivity index (χ2v) is 5.31. The Morgan fingerprint density at radius 3 is 2.20 bits per heavy atom. The number of halogens is 2. The van der Waals surface area contributed by atoms with Crippen molar-refractivity contribution in [2.45, 2.75) is 13.3 Å². The number of nitrogens with one attached hydrogen (secondary N) is 1. The van der Waals surface area contributed by atoms with Gasteiger partial charge in [0.2, 0.25) is 0 Å². The molecule has 1 heterocycles.